The molecule has 0 spiro atoms. The number of nitrogens with zero attached hydrogens (tertiary/aromatic N) is 2. The van der Waals surface area contributed by atoms with E-state index in [-0.39, 0.29) is 0 Å². The van der Waals surface area contributed by atoms with Gasteiger partial charge in [-0.2, -0.15) is 5.26 Å². The second-order valence-corrected chi connectivity index (χ2v) is 3.90. The monoisotopic (exact) mass is 193 g/mol. The van der Waals surface area contributed by atoms with Gasteiger partial charge in [-0.1, -0.05) is 6.08 Å². The zero-order chi connectivity index (χ0) is 10.4. The summed E-state index contributed by atoms with van der Waals surface area (Å²) in [5.74, 6) is 0. The van der Waals surface area contributed by atoms with Crippen LogP contribution in [0, 0.1) is 11.3 Å². The lowest BCUT2D eigenvalue weighted by molar-refractivity contribution is 0.234. The molecule has 2 unspecified atom stereocenters. The van der Waals surface area contributed by atoms with Gasteiger partial charge in [-0.15, -0.1) is 6.58 Å². The van der Waals surface area contributed by atoms with Gasteiger partial charge in [0.2, 0.25) is 0 Å². The van der Waals surface area contributed by atoms with Crippen LogP contribution in [-0.2, 0) is 0 Å². The number of hydrogen-bond donors (Lipinski definition) is 1. The van der Waals surface area contributed by atoms with Crippen LogP contribution < -0.4 is 5.32 Å². The largest absolute Gasteiger partial charge is 0.313 e. The Morgan fingerprint density at radius 3 is 3.14 bits per heavy atom. The average Bonchev–Trinajstić information content (AvgIpc) is 2.33. The molecule has 2 atom stereocenters. The smallest absolute Gasteiger partial charge is 0.0638 e. The molecule has 0 aromatic rings. The van der Waals surface area contributed by atoms with Gasteiger partial charge in [-0.3, -0.25) is 4.90 Å². The van der Waals surface area contributed by atoms with Crippen LogP contribution in [0.15, 0.2) is 12.7 Å². The molecule has 1 fully saturated rings. The van der Waals surface area contributed by atoms with Crippen molar-refractivity contribution < 1.29 is 0 Å². The van der Waals surface area contributed by atoms with E-state index in [2.05, 4.69) is 29.8 Å². The van der Waals surface area contributed by atoms with E-state index in [4.69, 9.17) is 5.26 Å². The first-order valence-electron chi connectivity index (χ1n) is 5.23. The number of rotatable bonds is 3. The fourth-order valence-corrected chi connectivity index (χ4v) is 1.82. The minimum absolute atomic E-state index is 0.350. The van der Waals surface area contributed by atoms with Crippen LogP contribution in [0.3, 0.4) is 0 Å². The highest BCUT2D eigenvalue weighted by Crippen LogP contribution is 2.10. The van der Waals surface area contributed by atoms with Gasteiger partial charge in [0.05, 0.1) is 12.5 Å². The number of hydrogen-bond acceptors (Lipinski definition) is 3. The van der Waals surface area contributed by atoms with Crippen LogP contribution in [0.1, 0.15) is 19.8 Å². The molecule has 3 nitrogen and oxygen atoms in total. The summed E-state index contributed by atoms with van der Waals surface area (Å²) in [6.07, 6.45) is 3.67. The van der Waals surface area contributed by atoms with Crippen molar-refractivity contribution in [2.24, 2.45) is 0 Å². The van der Waals surface area contributed by atoms with Crippen LogP contribution in [0.2, 0.25) is 0 Å². The van der Waals surface area contributed by atoms with Crippen LogP contribution in [0.5, 0.6) is 0 Å². The predicted octanol–water partition coefficient (Wildman–Crippen LogP) is 1.14. The molecular weight excluding hydrogens is 174 g/mol. The van der Waals surface area contributed by atoms with Crippen molar-refractivity contribution in [2.45, 2.75) is 31.8 Å². The molecule has 0 aromatic heterocycles. The fourth-order valence-electron chi connectivity index (χ4n) is 1.82. The standard InChI is InChI=1S/C11H19N3/c1-3-7-14-8-5-10(2)13-9-11(14)4-6-12/h3,10-11,13H,1,4-5,7-9H2,2H3. The highest BCUT2D eigenvalue weighted by Gasteiger charge is 2.21. The zero-order valence-electron chi connectivity index (χ0n) is 8.87. The molecule has 78 valence electrons. The van der Waals surface area contributed by atoms with Gasteiger partial charge in [0.25, 0.3) is 0 Å². The van der Waals surface area contributed by atoms with Gasteiger partial charge in [-0.05, 0) is 13.3 Å². The molecule has 0 radical (unpaired) electrons. The Labute approximate surface area is 86.4 Å². The molecule has 1 N–H and O–H groups in total. The van der Waals surface area contributed by atoms with E-state index >= 15 is 0 Å². The van der Waals surface area contributed by atoms with Crippen LogP contribution in [0.25, 0.3) is 0 Å². The molecule has 0 aliphatic carbocycles. The summed E-state index contributed by atoms with van der Waals surface area (Å²) in [6, 6.07) is 3.16. The maximum atomic E-state index is 8.73. The van der Waals surface area contributed by atoms with Gasteiger partial charge >= 0.3 is 0 Å². The van der Waals surface area contributed by atoms with Gasteiger partial charge in [0, 0.05) is 31.7 Å². The first-order valence-corrected chi connectivity index (χ1v) is 5.23. The lowest BCUT2D eigenvalue weighted by Crippen LogP contribution is -2.40. The summed E-state index contributed by atoms with van der Waals surface area (Å²) < 4.78 is 0. The predicted molar refractivity (Wildman–Crippen MR) is 57.9 cm³/mol. The van der Waals surface area contributed by atoms with Crippen molar-refractivity contribution in [1.82, 2.24) is 10.2 Å². The topological polar surface area (TPSA) is 39.1 Å². The normalized spacial score (nSPS) is 29.1. The van der Waals surface area contributed by atoms with E-state index in [1.165, 1.54) is 0 Å². The van der Waals surface area contributed by atoms with Crippen molar-refractivity contribution >= 4 is 0 Å². The molecule has 0 aromatic carbocycles. The molecule has 1 heterocycles. The number of nitrogens with one attached hydrogen (secondary N) is 1. The fraction of sp³-hybridized carbons (Fsp3) is 0.727. The summed E-state index contributed by atoms with van der Waals surface area (Å²) in [4.78, 5) is 2.34. The minimum Gasteiger partial charge on any atom is -0.313 e. The Kier molecular flexibility index (Phi) is 4.64. The molecule has 3 heteroatoms. The van der Waals surface area contributed by atoms with Crippen LogP contribution >= 0.6 is 0 Å². The minimum atomic E-state index is 0.350. The maximum Gasteiger partial charge on any atom is 0.0638 e. The third-order valence-electron chi connectivity index (χ3n) is 2.76. The molecule has 0 amide bonds. The highest BCUT2D eigenvalue weighted by atomic mass is 15.2. The summed E-state index contributed by atoms with van der Waals surface area (Å²) in [6.45, 7) is 8.82. The second kappa shape index (κ2) is 5.79. The first kappa shape index (κ1) is 11.2. The highest BCUT2D eigenvalue weighted by molar-refractivity contribution is 4.90. The van der Waals surface area contributed by atoms with Gasteiger partial charge in [-0.25, -0.2) is 0 Å². The van der Waals surface area contributed by atoms with E-state index < -0.39 is 0 Å². The third kappa shape index (κ3) is 3.13. The second-order valence-electron chi connectivity index (χ2n) is 3.90. The lowest BCUT2D eigenvalue weighted by Gasteiger charge is -2.26. The van der Waals surface area contributed by atoms with Crippen molar-refractivity contribution in [3.8, 4) is 6.07 Å². The SMILES string of the molecule is C=CCN1CCC(C)NCC1CC#N. The van der Waals surface area contributed by atoms with Gasteiger partial charge in [0.1, 0.15) is 0 Å². The molecule has 0 saturated carbocycles. The van der Waals surface area contributed by atoms with E-state index in [0.29, 0.717) is 18.5 Å². The first-order chi connectivity index (χ1) is 6.77. The molecule has 1 aliphatic heterocycles. The summed E-state index contributed by atoms with van der Waals surface area (Å²) in [5.41, 5.74) is 0. The van der Waals surface area contributed by atoms with E-state index in [9.17, 15) is 0 Å². The Balaban J connectivity index is 2.56. The third-order valence-corrected chi connectivity index (χ3v) is 2.76. The zero-order valence-corrected chi connectivity index (χ0v) is 8.87. The quantitative estimate of drug-likeness (QED) is 0.683. The Hall–Kier alpha value is -0.850. The van der Waals surface area contributed by atoms with Crippen LogP contribution in [0.4, 0.5) is 0 Å². The van der Waals surface area contributed by atoms with E-state index in [0.717, 1.165) is 26.1 Å². The van der Waals surface area contributed by atoms with Gasteiger partial charge < -0.3 is 5.32 Å². The van der Waals surface area contributed by atoms with Crippen molar-refractivity contribution in [2.75, 3.05) is 19.6 Å². The molecule has 14 heavy (non-hydrogen) atoms. The Bertz CT molecular complexity index is 219. The Morgan fingerprint density at radius 2 is 2.50 bits per heavy atom. The summed E-state index contributed by atoms with van der Waals surface area (Å²) >= 11 is 0. The number of nitriles is 1. The van der Waals surface area contributed by atoms with Crippen LogP contribution in [-0.4, -0.2) is 36.6 Å². The van der Waals surface area contributed by atoms with Crippen molar-refractivity contribution in [3.05, 3.63) is 12.7 Å². The molecule has 1 rings (SSSR count). The van der Waals surface area contributed by atoms with E-state index in [1.807, 2.05) is 6.08 Å². The van der Waals surface area contributed by atoms with E-state index in [1.54, 1.807) is 0 Å². The summed E-state index contributed by atoms with van der Waals surface area (Å²) in [7, 11) is 0. The molecule has 1 aliphatic rings. The van der Waals surface area contributed by atoms with Crippen molar-refractivity contribution in [3.63, 3.8) is 0 Å². The average molecular weight is 193 g/mol. The molecule has 0 bridgehead atoms. The van der Waals surface area contributed by atoms with Gasteiger partial charge in [0.15, 0.2) is 0 Å². The summed E-state index contributed by atoms with van der Waals surface area (Å²) in [5, 5.41) is 12.2. The molecular formula is C11H19N3. The van der Waals surface area contributed by atoms with Crippen molar-refractivity contribution in [1.29, 1.82) is 5.26 Å². The molecule has 1 saturated heterocycles. The maximum absolute atomic E-state index is 8.73. The Morgan fingerprint density at radius 1 is 1.71 bits per heavy atom. The lowest BCUT2D eigenvalue weighted by atomic mass is 10.2.